The Bertz CT molecular complexity index is 642. The van der Waals surface area contributed by atoms with E-state index < -0.39 is 0 Å². The monoisotopic (exact) mass is 250 g/mol. The molecule has 0 amide bonds. The minimum Gasteiger partial charge on any atom is -0.287 e. The topological polar surface area (TPSA) is 67.4 Å². The Kier molecular flexibility index (Phi) is 4.11. The van der Waals surface area contributed by atoms with E-state index in [4.69, 9.17) is 5.53 Å². The van der Waals surface area contributed by atoms with Crippen molar-refractivity contribution in [2.75, 3.05) is 0 Å². The molecular formula is C15H12N3O+. The van der Waals surface area contributed by atoms with Crippen molar-refractivity contribution in [2.45, 2.75) is 0 Å². The number of nitrogens with one attached hydrogen (secondary N) is 1. The van der Waals surface area contributed by atoms with Gasteiger partial charge in [-0.25, -0.2) is 0 Å². The van der Waals surface area contributed by atoms with Crippen LogP contribution in [0.3, 0.4) is 0 Å². The fraction of sp³-hybridized carbons (Fsp3) is 0. The van der Waals surface area contributed by atoms with Crippen molar-refractivity contribution >= 4 is 11.9 Å². The van der Waals surface area contributed by atoms with Gasteiger partial charge in [-0.15, -0.1) is 0 Å². The van der Waals surface area contributed by atoms with E-state index in [1.54, 1.807) is 30.3 Å². The Hall–Kier alpha value is -2.84. The second-order valence-corrected chi connectivity index (χ2v) is 3.84. The lowest BCUT2D eigenvalue weighted by molar-refractivity contribution is 0.103. The van der Waals surface area contributed by atoms with Gasteiger partial charge in [-0.3, -0.25) is 4.79 Å². The lowest BCUT2D eigenvalue weighted by Gasteiger charge is -1.97. The summed E-state index contributed by atoms with van der Waals surface area (Å²) in [5, 5.41) is 3.60. The number of ketones is 1. The molecule has 2 rings (SSSR count). The van der Waals surface area contributed by atoms with Crippen molar-refractivity contribution in [2.24, 2.45) is 5.11 Å². The molecule has 0 spiro atoms. The van der Waals surface area contributed by atoms with Gasteiger partial charge in [0.15, 0.2) is 5.11 Å². The van der Waals surface area contributed by atoms with Crippen LogP contribution in [0, 0.1) is 5.53 Å². The fourth-order valence-corrected chi connectivity index (χ4v) is 1.64. The molecule has 0 atom stereocenters. The molecule has 19 heavy (non-hydrogen) atoms. The summed E-state index contributed by atoms with van der Waals surface area (Å²) in [6, 6.07) is 18.2. The number of Topliss-reactive ketones (excluding diaryl/α,β-unsaturated/α-hetero) is 1. The number of carbonyl (C=O) groups is 1. The molecule has 0 aliphatic heterocycles. The lowest BCUT2D eigenvalue weighted by Crippen LogP contribution is -2.01. The average molecular weight is 250 g/mol. The highest BCUT2D eigenvalue weighted by atomic mass is 16.1. The quantitative estimate of drug-likeness (QED) is 0.384. The third-order valence-electron chi connectivity index (χ3n) is 2.53. The molecule has 0 unspecified atom stereocenters. The SMILES string of the molecule is N=[N+]=N/C(=C\c1ccccc1)C(=O)c1ccccc1. The van der Waals surface area contributed by atoms with Crippen LogP contribution in [0.25, 0.3) is 6.08 Å². The van der Waals surface area contributed by atoms with Crippen molar-refractivity contribution in [3.63, 3.8) is 0 Å². The summed E-state index contributed by atoms with van der Waals surface area (Å²) in [5.41, 5.74) is 8.33. The molecule has 0 aliphatic carbocycles. The van der Waals surface area contributed by atoms with Crippen LogP contribution >= 0.6 is 0 Å². The van der Waals surface area contributed by atoms with Crippen LogP contribution in [0.5, 0.6) is 0 Å². The molecule has 0 aliphatic rings. The van der Waals surface area contributed by atoms with Crippen molar-refractivity contribution in [1.29, 1.82) is 5.53 Å². The maximum absolute atomic E-state index is 12.2. The van der Waals surface area contributed by atoms with Crippen LogP contribution in [0.1, 0.15) is 15.9 Å². The molecule has 4 heteroatoms. The van der Waals surface area contributed by atoms with Gasteiger partial charge in [0.05, 0.1) is 0 Å². The van der Waals surface area contributed by atoms with Gasteiger partial charge in [0.25, 0.3) is 0 Å². The first-order valence-corrected chi connectivity index (χ1v) is 5.75. The molecule has 0 saturated carbocycles. The van der Waals surface area contributed by atoms with Crippen LogP contribution in [0.4, 0.5) is 0 Å². The number of nitrogens with zero attached hydrogens (tertiary/aromatic N) is 2. The fourth-order valence-electron chi connectivity index (χ4n) is 1.64. The predicted octanol–water partition coefficient (Wildman–Crippen LogP) is 3.46. The van der Waals surface area contributed by atoms with Crippen LogP contribution in [-0.2, 0) is 0 Å². The molecule has 0 radical (unpaired) electrons. The van der Waals surface area contributed by atoms with Gasteiger partial charge in [0.1, 0.15) is 5.53 Å². The molecule has 92 valence electrons. The number of benzene rings is 2. The second kappa shape index (κ2) is 6.19. The van der Waals surface area contributed by atoms with Crippen LogP contribution < -0.4 is 4.91 Å². The number of allylic oxidation sites excluding steroid dienone is 1. The summed E-state index contributed by atoms with van der Waals surface area (Å²) in [7, 11) is 0. The van der Waals surface area contributed by atoms with Crippen molar-refractivity contribution in [3.8, 4) is 0 Å². The van der Waals surface area contributed by atoms with Crippen LogP contribution in [0.15, 0.2) is 71.5 Å². The first-order valence-electron chi connectivity index (χ1n) is 5.75. The molecule has 0 saturated heterocycles. The van der Waals surface area contributed by atoms with Gasteiger partial charge in [-0.1, -0.05) is 60.7 Å². The van der Waals surface area contributed by atoms with Gasteiger partial charge in [-0.05, 0) is 11.6 Å². The zero-order valence-electron chi connectivity index (χ0n) is 10.2. The molecule has 2 aromatic rings. The summed E-state index contributed by atoms with van der Waals surface area (Å²) < 4.78 is 0. The van der Waals surface area contributed by atoms with E-state index in [1.807, 2.05) is 36.4 Å². The van der Waals surface area contributed by atoms with E-state index >= 15 is 0 Å². The van der Waals surface area contributed by atoms with Gasteiger partial charge in [0, 0.05) is 5.56 Å². The second-order valence-electron chi connectivity index (χ2n) is 3.84. The molecular weight excluding hydrogens is 238 g/mol. The summed E-state index contributed by atoms with van der Waals surface area (Å²) in [6.45, 7) is 0. The zero-order valence-corrected chi connectivity index (χ0v) is 10.2. The Labute approximate surface area is 110 Å². The summed E-state index contributed by atoms with van der Waals surface area (Å²) in [4.78, 5) is 15.2. The first-order chi connectivity index (χ1) is 9.31. The minimum atomic E-state index is -0.250. The van der Waals surface area contributed by atoms with Gasteiger partial charge in [-0.2, -0.15) is 0 Å². The minimum absolute atomic E-state index is 0.146. The number of rotatable bonds is 4. The number of carbonyl (C=O) groups excluding carboxylic acids is 1. The van der Waals surface area contributed by atoms with Gasteiger partial charge >= 0.3 is 0 Å². The molecule has 4 nitrogen and oxygen atoms in total. The number of hydrogen-bond acceptors (Lipinski definition) is 3. The maximum atomic E-state index is 12.2. The smallest absolute Gasteiger partial charge is 0.220 e. The number of hydrogen-bond donors (Lipinski definition) is 1. The highest BCUT2D eigenvalue weighted by molar-refractivity contribution is 6.10. The Morgan fingerprint density at radius 1 is 1.00 bits per heavy atom. The lowest BCUT2D eigenvalue weighted by atomic mass is 10.1. The largest absolute Gasteiger partial charge is 0.287 e. The highest BCUT2D eigenvalue weighted by Gasteiger charge is 2.15. The highest BCUT2D eigenvalue weighted by Crippen LogP contribution is 2.13. The van der Waals surface area contributed by atoms with Crippen molar-refractivity contribution in [3.05, 3.63) is 77.5 Å². The molecule has 0 fully saturated rings. The summed E-state index contributed by atoms with van der Waals surface area (Å²) in [5.74, 6) is -0.250. The van der Waals surface area contributed by atoms with Crippen molar-refractivity contribution < 1.29 is 4.79 Å². The first kappa shape index (κ1) is 12.6. The Balaban J connectivity index is 2.39. The Morgan fingerprint density at radius 3 is 2.16 bits per heavy atom. The summed E-state index contributed by atoms with van der Waals surface area (Å²) >= 11 is 0. The zero-order chi connectivity index (χ0) is 13.5. The van der Waals surface area contributed by atoms with Gasteiger partial charge in [0.2, 0.25) is 16.4 Å². The van der Waals surface area contributed by atoms with E-state index in [0.29, 0.717) is 5.56 Å². The van der Waals surface area contributed by atoms with Crippen molar-refractivity contribution in [1.82, 2.24) is 4.91 Å². The standard InChI is InChI=1S/C15H12N3O/c16-18-17-14(11-12-7-3-1-4-8-12)15(19)13-9-5-2-6-10-13/h1-11,16H/q+1/b14-11-. The Morgan fingerprint density at radius 2 is 1.58 bits per heavy atom. The maximum Gasteiger partial charge on any atom is 0.220 e. The van der Waals surface area contributed by atoms with Crippen LogP contribution in [0.2, 0.25) is 0 Å². The third-order valence-corrected chi connectivity index (χ3v) is 2.53. The van der Waals surface area contributed by atoms with E-state index in [-0.39, 0.29) is 11.5 Å². The molecule has 1 N–H and O–H groups in total. The summed E-state index contributed by atoms with van der Waals surface area (Å²) in [6.07, 6.45) is 1.62. The van der Waals surface area contributed by atoms with Gasteiger partial charge < -0.3 is 0 Å². The molecule has 0 heterocycles. The van der Waals surface area contributed by atoms with E-state index in [2.05, 4.69) is 10.0 Å². The molecule has 2 aromatic carbocycles. The third kappa shape index (κ3) is 3.31. The van der Waals surface area contributed by atoms with E-state index in [0.717, 1.165) is 5.56 Å². The predicted molar refractivity (Wildman–Crippen MR) is 72.5 cm³/mol. The van der Waals surface area contributed by atoms with Crippen LogP contribution in [-0.4, -0.2) is 5.78 Å². The molecule has 0 aromatic heterocycles. The average Bonchev–Trinajstić information content (AvgIpc) is 2.48. The normalized spacial score (nSPS) is 10.6. The van der Waals surface area contributed by atoms with E-state index in [9.17, 15) is 4.79 Å². The van der Waals surface area contributed by atoms with E-state index in [1.165, 1.54) is 0 Å². The molecule has 0 bridgehead atoms.